The van der Waals surface area contributed by atoms with Gasteiger partial charge in [0.05, 0.1) is 11.0 Å². The van der Waals surface area contributed by atoms with Crippen molar-refractivity contribution in [2.75, 3.05) is 0 Å². The summed E-state index contributed by atoms with van der Waals surface area (Å²) >= 11 is 0. The Bertz CT molecular complexity index is 561. The Morgan fingerprint density at radius 1 is 1.20 bits per heavy atom. The van der Waals surface area contributed by atoms with Crippen LogP contribution in [0, 0.1) is 6.92 Å². The molecule has 0 aromatic heterocycles. The van der Waals surface area contributed by atoms with Crippen molar-refractivity contribution in [1.82, 2.24) is 0 Å². The van der Waals surface area contributed by atoms with E-state index in [2.05, 4.69) is 13.8 Å². The van der Waals surface area contributed by atoms with Gasteiger partial charge in [0, 0.05) is 10.7 Å². The molecule has 0 radical (unpaired) electrons. The third kappa shape index (κ3) is 4.13. The second-order valence-corrected chi connectivity index (χ2v) is 7.84. The molecule has 5 heteroatoms. The van der Waals surface area contributed by atoms with E-state index in [-0.39, 0.29) is 16.9 Å². The van der Waals surface area contributed by atoms with E-state index in [0.717, 1.165) is 24.2 Å². The van der Waals surface area contributed by atoms with E-state index in [1.807, 2.05) is 26.8 Å². The van der Waals surface area contributed by atoms with Crippen molar-refractivity contribution in [3.63, 3.8) is 0 Å². The lowest BCUT2D eigenvalue weighted by Crippen LogP contribution is -2.15. The molecule has 0 fully saturated rings. The zero-order chi connectivity index (χ0) is 15.5. The number of rotatable bonds is 6. The van der Waals surface area contributed by atoms with Crippen LogP contribution in [0.5, 0.6) is 5.75 Å². The van der Waals surface area contributed by atoms with Gasteiger partial charge >= 0.3 is 0 Å². The van der Waals surface area contributed by atoms with Crippen molar-refractivity contribution >= 4 is 19.7 Å². The van der Waals surface area contributed by atoms with Crippen molar-refractivity contribution in [1.29, 1.82) is 0 Å². The summed E-state index contributed by atoms with van der Waals surface area (Å²) < 4.78 is 29.3. The molecule has 0 unspecified atom stereocenters. The minimum absolute atomic E-state index is 0.0585. The predicted molar refractivity (Wildman–Crippen MR) is 83.3 cm³/mol. The highest BCUT2D eigenvalue weighted by molar-refractivity contribution is 8.13. The van der Waals surface area contributed by atoms with Crippen molar-refractivity contribution in [2.45, 2.75) is 64.4 Å². The van der Waals surface area contributed by atoms with Crippen LogP contribution >= 0.6 is 10.7 Å². The van der Waals surface area contributed by atoms with Gasteiger partial charge in [0.1, 0.15) is 5.75 Å². The number of hydrogen-bond acceptors (Lipinski definition) is 3. The van der Waals surface area contributed by atoms with E-state index in [0.29, 0.717) is 5.56 Å². The largest absolute Gasteiger partial charge is 0.490 e. The maximum atomic E-state index is 11.7. The van der Waals surface area contributed by atoms with E-state index < -0.39 is 9.05 Å². The average Bonchev–Trinajstić information content (AvgIpc) is 2.35. The minimum Gasteiger partial charge on any atom is -0.490 e. The van der Waals surface area contributed by atoms with E-state index >= 15 is 0 Å². The second-order valence-electron chi connectivity index (χ2n) is 5.30. The molecule has 0 spiro atoms. The quantitative estimate of drug-likeness (QED) is 0.719. The van der Waals surface area contributed by atoms with Crippen molar-refractivity contribution in [3.8, 4) is 5.75 Å². The molecule has 114 valence electrons. The summed E-state index contributed by atoms with van der Waals surface area (Å²) in [6.07, 6.45) is 1.98. The standard InChI is InChI=1S/C15H23ClO3S/c1-6-12(7-2)19-14-9-13(10(3)4)15(8-11(14)5)20(16,17)18/h8-10,12H,6-7H2,1-5H3. The topological polar surface area (TPSA) is 43.4 Å². The smallest absolute Gasteiger partial charge is 0.261 e. The van der Waals surface area contributed by atoms with Crippen LogP contribution in [0.2, 0.25) is 0 Å². The van der Waals surface area contributed by atoms with Crippen molar-refractivity contribution in [3.05, 3.63) is 23.3 Å². The lowest BCUT2D eigenvalue weighted by molar-refractivity contribution is 0.191. The lowest BCUT2D eigenvalue weighted by Gasteiger charge is -2.20. The van der Waals surface area contributed by atoms with E-state index in [9.17, 15) is 8.42 Å². The molecule has 0 saturated heterocycles. The fourth-order valence-corrected chi connectivity index (χ4v) is 3.40. The molecule has 1 aromatic rings. The SMILES string of the molecule is CCC(CC)Oc1cc(C(C)C)c(S(=O)(=O)Cl)cc1C. The predicted octanol–water partition coefficient (Wildman–Crippen LogP) is 4.61. The third-order valence-corrected chi connectivity index (χ3v) is 4.77. The molecule has 0 aliphatic heterocycles. The Hall–Kier alpha value is -0.740. The lowest BCUT2D eigenvalue weighted by atomic mass is 10.0. The highest BCUT2D eigenvalue weighted by Gasteiger charge is 2.21. The van der Waals surface area contributed by atoms with Crippen LogP contribution in [-0.4, -0.2) is 14.5 Å². The number of halogens is 1. The van der Waals surface area contributed by atoms with Crippen LogP contribution in [0.3, 0.4) is 0 Å². The summed E-state index contributed by atoms with van der Waals surface area (Å²) in [5.41, 5.74) is 1.49. The Kier molecular flexibility index (Phi) is 5.90. The average molecular weight is 319 g/mol. The highest BCUT2D eigenvalue weighted by Crippen LogP contribution is 2.33. The normalized spacial score (nSPS) is 12.2. The molecule has 1 aromatic carbocycles. The van der Waals surface area contributed by atoms with E-state index in [1.165, 1.54) is 0 Å². The first-order chi connectivity index (χ1) is 9.20. The Morgan fingerprint density at radius 2 is 1.75 bits per heavy atom. The zero-order valence-electron chi connectivity index (χ0n) is 12.7. The van der Waals surface area contributed by atoms with Gasteiger partial charge in [-0.2, -0.15) is 0 Å². The summed E-state index contributed by atoms with van der Waals surface area (Å²) in [6, 6.07) is 3.42. The van der Waals surface area contributed by atoms with Gasteiger partial charge in [-0.25, -0.2) is 8.42 Å². The monoisotopic (exact) mass is 318 g/mol. The molecule has 0 N–H and O–H groups in total. The molecule has 0 aliphatic carbocycles. The molecule has 1 rings (SSSR count). The second kappa shape index (κ2) is 6.81. The maximum Gasteiger partial charge on any atom is 0.261 e. The molecule has 0 heterocycles. The van der Waals surface area contributed by atoms with Crippen LogP contribution in [0.4, 0.5) is 0 Å². The fraction of sp³-hybridized carbons (Fsp3) is 0.600. The van der Waals surface area contributed by atoms with Crippen molar-refractivity contribution in [2.24, 2.45) is 0 Å². The van der Waals surface area contributed by atoms with Crippen LogP contribution in [0.25, 0.3) is 0 Å². The molecular formula is C15H23ClO3S. The summed E-state index contributed by atoms with van der Waals surface area (Å²) in [5, 5.41) is 0. The van der Waals surface area contributed by atoms with Gasteiger partial charge < -0.3 is 4.74 Å². The molecule has 0 saturated carbocycles. The first-order valence-electron chi connectivity index (χ1n) is 6.96. The zero-order valence-corrected chi connectivity index (χ0v) is 14.3. The summed E-state index contributed by atoms with van der Waals surface area (Å²) in [7, 11) is 1.78. The number of hydrogen-bond donors (Lipinski definition) is 0. The molecular weight excluding hydrogens is 296 g/mol. The number of benzene rings is 1. The summed E-state index contributed by atoms with van der Waals surface area (Å²) in [5.74, 6) is 0.801. The van der Waals surface area contributed by atoms with Crippen molar-refractivity contribution < 1.29 is 13.2 Å². The van der Waals surface area contributed by atoms with E-state index in [1.54, 1.807) is 6.07 Å². The third-order valence-electron chi connectivity index (χ3n) is 3.40. The van der Waals surface area contributed by atoms with Gasteiger partial charge in [0.2, 0.25) is 0 Å². The maximum absolute atomic E-state index is 11.7. The highest BCUT2D eigenvalue weighted by atomic mass is 35.7. The van der Waals surface area contributed by atoms with E-state index in [4.69, 9.17) is 15.4 Å². The Labute approximate surface area is 126 Å². The minimum atomic E-state index is -3.74. The number of aryl methyl sites for hydroxylation is 1. The van der Waals surface area contributed by atoms with Crippen LogP contribution < -0.4 is 4.74 Å². The molecule has 0 atom stereocenters. The molecule has 3 nitrogen and oxygen atoms in total. The van der Waals surface area contributed by atoms with Gasteiger partial charge in [-0.3, -0.25) is 0 Å². The first kappa shape index (κ1) is 17.3. The number of ether oxygens (including phenoxy) is 1. The van der Waals surface area contributed by atoms with Crippen LogP contribution in [0.1, 0.15) is 57.6 Å². The molecule has 20 heavy (non-hydrogen) atoms. The Balaban J connectivity index is 3.34. The first-order valence-corrected chi connectivity index (χ1v) is 9.27. The molecule has 0 amide bonds. The van der Waals surface area contributed by atoms with Gasteiger partial charge in [0.15, 0.2) is 0 Å². The Morgan fingerprint density at radius 3 is 2.15 bits per heavy atom. The van der Waals surface area contributed by atoms with Gasteiger partial charge in [0.25, 0.3) is 9.05 Å². The van der Waals surface area contributed by atoms with Gasteiger partial charge in [-0.1, -0.05) is 27.7 Å². The van der Waals surface area contributed by atoms with Crippen LogP contribution in [0.15, 0.2) is 17.0 Å². The van der Waals surface area contributed by atoms with Gasteiger partial charge in [-0.05, 0) is 48.9 Å². The fourth-order valence-electron chi connectivity index (χ4n) is 2.10. The molecule has 0 bridgehead atoms. The summed E-state index contributed by atoms with van der Waals surface area (Å²) in [4.78, 5) is 0.184. The molecule has 0 aliphatic rings. The summed E-state index contributed by atoms with van der Waals surface area (Å²) in [6.45, 7) is 9.87. The van der Waals surface area contributed by atoms with Gasteiger partial charge in [-0.15, -0.1) is 0 Å². The van der Waals surface area contributed by atoms with Crippen LogP contribution in [-0.2, 0) is 9.05 Å².